The summed E-state index contributed by atoms with van der Waals surface area (Å²) in [7, 11) is 4.70. The Labute approximate surface area is 124 Å². The minimum Gasteiger partial charge on any atom is -0.493 e. The number of hydrogen-bond donors (Lipinski definition) is 2. The number of carbonyl (C=O) groups is 1. The van der Waals surface area contributed by atoms with Crippen LogP contribution >= 0.6 is 0 Å². The van der Waals surface area contributed by atoms with Crippen LogP contribution in [-0.4, -0.2) is 47.0 Å². The molecule has 1 rings (SSSR count). The molecule has 0 aromatic heterocycles. The van der Waals surface area contributed by atoms with E-state index in [0.717, 1.165) is 12.1 Å². The zero-order valence-electron chi connectivity index (χ0n) is 12.6. The van der Waals surface area contributed by atoms with Crippen LogP contribution in [0.5, 0.6) is 17.2 Å². The molecule has 0 aliphatic carbocycles. The Morgan fingerprint density at radius 1 is 1.19 bits per heavy atom. The summed E-state index contributed by atoms with van der Waals surface area (Å²) >= 11 is 0. The highest BCUT2D eigenvalue weighted by atomic mass is 16.5. The fraction of sp³-hybridized carbons (Fsp3) is 0.500. The number of rotatable bonds is 10. The number of ether oxygens (including phenoxy) is 4. The van der Waals surface area contributed by atoms with Gasteiger partial charge < -0.3 is 30.0 Å². The van der Waals surface area contributed by atoms with Gasteiger partial charge in [0.1, 0.15) is 0 Å². The molecule has 1 aromatic carbocycles. The van der Waals surface area contributed by atoms with E-state index in [2.05, 4.69) is 5.32 Å². The van der Waals surface area contributed by atoms with Gasteiger partial charge in [-0.25, -0.2) is 0 Å². The Morgan fingerprint density at radius 3 is 2.29 bits per heavy atom. The molecule has 3 N–H and O–H groups in total. The fourth-order valence-electron chi connectivity index (χ4n) is 1.73. The summed E-state index contributed by atoms with van der Waals surface area (Å²) in [6.45, 7) is 1.76. The molecular weight excluding hydrogens is 276 g/mol. The van der Waals surface area contributed by atoms with Crippen molar-refractivity contribution in [2.45, 2.75) is 6.54 Å². The second-order valence-electron chi connectivity index (χ2n) is 4.25. The molecule has 0 aliphatic rings. The van der Waals surface area contributed by atoms with E-state index in [1.165, 1.54) is 14.2 Å². The lowest BCUT2D eigenvalue weighted by atomic mass is 10.1. The molecule has 0 saturated heterocycles. The summed E-state index contributed by atoms with van der Waals surface area (Å²) in [6, 6.07) is 3.64. The highest BCUT2D eigenvalue weighted by Gasteiger charge is 2.15. The lowest BCUT2D eigenvalue weighted by Gasteiger charge is -2.15. The van der Waals surface area contributed by atoms with Gasteiger partial charge in [0.15, 0.2) is 18.1 Å². The second kappa shape index (κ2) is 9.04. The van der Waals surface area contributed by atoms with Crippen LogP contribution in [-0.2, 0) is 16.1 Å². The molecule has 118 valence electrons. The first-order chi connectivity index (χ1) is 10.1. The Bertz CT molecular complexity index is 440. The van der Waals surface area contributed by atoms with Crippen LogP contribution in [0, 0.1) is 0 Å². The number of nitrogens with one attached hydrogen (secondary N) is 1. The van der Waals surface area contributed by atoms with Gasteiger partial charge >= 0.3 is 0 Å². The number of nitrogens with two attached hydrogens (primary N) is 1. The van der Waals surface area contributed by atoms with Gasteiger partial charge in [-0.15, -0.1) is 0 Å². The number of primary amides is 1. The number of amides is 1. The summed E-state index contributed by atoms with van der Waals surface area (Å²) in [4.78, 5) is 10.8. The molecule has 0 spiro atoms. The Kier molecular flexibility index (Phi) is 7.34. The van der Waals surface area contributed by atoms with E-state index in [1.807, 2.05) is 12.1 Å². The fourth-order valence-corrected chi connectivity index (χ4v) is 1.73. The van der Waals surface area contributed by atoms with Gasteiger partial charge in [-0.3, -0.25) is 4.79 Å². The van der Waals surface area contributed by atoms with Gasteiger partial charge in [0.05, 0.1) is 20.8 Å². The third kappa shape index (κ3) is 5.49. The second-order valence-corrected chi connectivity index (χ2v) is 4.25. The van der Waals surface area contributed by atoms with E-state index in [1.54, 1.807) is 7.11 Å². The molecule has 1 amide bonds. The van der Waals surface area contributed by atoms with E-state index in [9.17, 15) is 4.79 Å². The normalized spacial score (nSPS) is 10.2. The van der Waals surface area contributed by atoms with Crippen molar-refractivity contribution in [2.24, 2.45) is 5.73 Å². The average molecular weight is 298 g/mol. The van der Waals surface area contributed by atoms with E-state index in [4.69, 9.17) is 24.7 Å². The molecule has 0 atom stereocenters. The maximum absolute atomic E-state index is 10.8. The number of hydrogen-bond acceptors (Lipinski definition) is 6. The van der Waals surface area contributed by atoms with Crippen LogP contribution in [0.1, 0.15) is 5.56 Å². The summed E-state index contributed by atoms with van der Waals surface area (Å²) in [5, 5.41) is 3.22. The van der Waals surface area contributed by atoms with E-state index in [-0.39, 0.29) is 6.61 Å². The van der Waals surface area contributed by atoms with Gasteiger partial charge in [0, 0.05) is 20.2 Å². The molecule has 0 heterocycles. The van der Waals surface area contributed by atoms with Crippen molar-refractivity contribution in [2.75, 3.05) is 41.1 Å². The van der Waals surface area contributed by atoms with Crippen molar-refractivity contribution in [3.63, 3.8) is 0 Å². The van der Waals surface area contributed by atoms with E-state index in [0.29, 0.717) is 30.4 Å². The van der Waals surface area contributed by atoms with Crippen molar-refractivity contribution < 1.29 is 23.7 Å². The lowest BCUT2D eigenvalue weighted by molar-refractivity contribution is -0.119. The standard InChI is InChI=1S/C14H22N2O5/c1-18-5-4-16-8-10-6-11(19-2)14(12(7-10)20-3)21-9-13(15)17/h6-7,16H,4-5,8-9H2,1-3H3,(H2,15,17). The quantitative estimate of drug-likeness (QED) is 0.604. The average Bonchev–Trinajstić information content (AvgIpc) is 2.48. The molecule has 0 aliphatic heterocycles. The van der Waals surface area contributed by atoms with E-state index < -0.39 is 5.91 Å². The van der Waals surface area contributed by atoms with Crippen molar-refractivity contribution >= 4 is 5.91 Å². The van der Waals surface area contributed by atoms with Crippen LogP contribution in [0.15, 0.2) is 12.1 Å². The van der Waals surface area contributed by atoms with Crippen LogP contribution < -0.4 is 25.3 Å². The lowest BCUT2D eigenvalue weighted by Crippen LogP contribution is -2.21. The van der Waals surface area contributed by atoms with Gasteiger partial charge in [-0.05, 0) is 17.7 Å². The van der Waals surface area contributed by atoms with Gasteiger partial charge in [0.2, 0.25) is 5.75 Å². The van der Waals surface area contributed by atoms with Gasteiger partial charge in [-0.1, -0.05) is 0 Å². The first-order valence-corrected chi connectivity index (χ1v) is 6.48. The van der Waals surface area contributed by atoms with Crippen molar-refractivity contribution in [1.82, 2.24) is 5.32 Å². The number of methoxy groups -OCH3 is 3. The Hall–Kier alpha value is -1.99. The Balaban J connectivity index is 2.86. The third-order valence-corrected chi connectivity index (χ3v) is 2.69. The van der Waals surface area contributed by atoms with Crippen LogP contribution in [0.2, 0.25) is 0 Å². The maximum atomic E-state index is 10.8. The molecule has 0 unspecified atom stereocenters. The molecule has 0 radical (unpaired) electrons. The van der Waals surface area contributed by atoms with Crippen molar-refractivity contribution in [1.29, 1.82) is 0 Å². The topological polar surface area (TPSA) is 92.0 Å². The zero-order valence-corrected chi connectivity index (χ0v) is 12.6. The molecular formula is C14H22N2O5. The minimum absolute atomic E-state index is 0.238. The summed E-state index contributed by atoms with van der Waals surface area (Å²) in [5.41, 5.74) is 6.04. The van der Waals surface area contributed by atoms with E-state index >= 15 is 0 Å². The molecule has 21 heavy (non-hydrogen) atoms. The number of carbonyl (C=O) groups excluding carboxylic acids is 1. The van der Waals surface area contributed by atoms with Gasteiger partial charge in [0.25, 0.3) is 5.91 Å². The molecule has 1 aromatic rings. The molecule has 0 bridgehead atoms. The van der Waals surface area contributed by atoms with Crippen molar-refractivity contribution in [3.05, 3.63) is 17.7 Å². The SMILES string of the molecule is COCCNCc1cc(OC)c(OCC(N)=O)c(OC)c1. The highest BCUT2D eigenvalue weighted by Crippen LogP contribution is 2.38. The summed E-state index contributed by atoms with van der Waals surface area (Å²) < 4.78 is 20.9. The molecule has 7 nitrogen and oxygen atoms in total. The third-order valence-electron chi connectivity index (χ3n) is 2.69. The molecule has 0 fully saturated rings. The first-order valence-electron chi connectivity index (χ1n) is 6.48. The smallest absolute Gasteiger partial charge is 0.255 e. The first kappa shape index (κ1) is 17.1. The van der Waals surface area contributed by atoms with Crippen LogP contribution in [0.4, 0.5) is 0 Å². The monoisotopic (exact) mass is 298 g/mol. The van der Waals surface area contributed by atoms with Crippen molar-refractivity contribution in [3.8, 4) is 17.2 Å². The zero-order chi connectivity index (χ0) is 15.7. The summed E-state index contributed by atoms with van der Waals surface area (Å²) in [5.74, 6) is 0.766. The van der Waals surface area contributed by atoms with Crippen LogP contribution in [0.25, 0.3) is 0 Å². The molecule has 7 heteroatoms. The highest BCUT2D eigenvalue weighted by molar-refractivity contribution is 5.75. The van der Waals surface area contributed by atoms with Gasteiger partial charge in [-0.2, -0.15) is 0 Å². The minimum atomic E-state index is -0.565. The molecule has 0 saturated carbocycles. The Morgan fingerprint density at radius 2 is 1.81 bits per heavy atom. The predicted octanol–water partition coefficient (Wildman–Crippen LogP) is 0.304. The largest absolute Gasteiger partial charge is 0.493 e. The predicted molar refractivity (Wildman–Crippen MR) is 77.8 cm³/mol. The summed E-state index contributed by atoms with van der Waals surface area (Å²) in [6.07, 6.45) is 0. The maximum Gasteiger partial charge on any atom is 0.255 e. The van der Waals surface area contributed by atoms with Crippen LogP contribution in [0.3, 0.4) is 0 Å². The number of benzene rings is 1.